The molecule has 0 radical (unpaired) electrons. The van der Waals surface area contributed by atoms with Gasteiger partial charge < -0.3 is 50.9 Å². The molecule has 8 amide bonds. The first-order chi connectivity index (χ1) is 66.8. The zero-order valence-electron chi connectivity index (χ0n) is 97.3. The van der Waals surface area contributed by atoms with Gasteiger partial charge in [-0.15, -0.1) is 0 Å². The number of benzene rings is 2. The molecule has 1 aromatic heterocycles. The van der Waals surface area contributed by atoms with Gasteiger partial charge in [0, 0.05) is 154 Å². The van der Waals surface area contributed by atoms with Crippen LogP contribution in [0.2, 0.25) is 19.1 Å². The number of carbonyl (C=O) groups is 8. The Morgan fingerprint density at radius 2 is 0.931 bits per heavy atom. The maximum atomic E-state index is 14.9. The van der Waals surface area contributed by atoms with Crippen molar-refractivity contribution in [1.29, 1.82) is 0 Å². The minimum atomic E-state index is -1.41. The Kier molecular flexibility index (Phi) is 37.5. The van der Waals surface area contributed by atoms with E-state index in [4.69, 9.17) is 24.1 Å². The molecule has 0 spiro atoms. The minimum absolute atomic E-state index is 0.00360. The predicted octanol–water partition coefficient (Wildman–Crippen LogP) is 21.3. The van der Waals surface area contributed by atoms with Gasteiger partial charge in [0.15, 0.2) is 8.32 Å². The number of likely N-dealkylation sites (tertiary alicyclic amines) is 4. The first-order valence-electron chi connectivity index (χ1n) is 56.4. The van der Waals surface area contributed by atoms with Crippen LogP contribution in [0.4, 0.5) is 11.9 Å². The molecule has 0 bridgehead atoms. The molecule has 25 nitrogen and oxygen atoms in total. The van der Waals surface area contributed by atoms with E-state index in [1.807, 2.05) is 95.5 Å². The van der Waals surface area contributed by atoms with Gasteiger partial charge in [-0.25, -0.2) is 0 Å². The number of piperidine rings is 5. The highest BCUT2D eigenvalue weighted by Crippen LogP contribution is 2.56. The molecule has 145 heavy (non-hydrogen) atoms. The fraction of sp³-hybridized carbons (Fsp3) is 0.807. The summed E-state index contributed by atoms with van der Waals surface area (Å²) in [6.45, 7) is 73.6. The second-order valence-electron chi connectivity index (χ2n) is 56.7. The van der Waals surface area contributed by atoms with Crippen molar-refractivity contribution in [2.45, 2.75) is 522 Å². The van der Waals surface area contributed by atoms with E-state index in [0.29, 0.717) is 43.0 Å². The zero-order valence-corrected chi connectivity index (χ0v) is 98.3. The van der Waals surface area contributed by atoms with E-state index in [1.54, 1.807) is 4.90 Å². The molecule has 11 aliphatic rings. The van der Waals surface area contributed by atoms with Crippen molar-refractivity contribution < 1.29 is 47.5 Å². The van der Waals surface area contributed by atoms with Crippen LogP contribution in [0.15, 0.2) is 60.7 Å². The third-order valence-electron chi connectivity index (χ3n) is 34.8. The molecular formula is C119H201N15O10Si. The Bertz CT molecular complexity index is 4830. The Hall–Kier alpha value is -6.49. The molecule has 6 N–H and O–H groups in total. The molecule has 9 unspecified atom stereocenters. The fourth-order valence-electron chi connectivity index (χ4n) is 30.1. The predicted molar refractivity (Wildman–Crippen MR) is 590 cm³/mol. The average molecular weight is 2030 g/mol. The fourth-order valence-corrected chi connectivity index (χ4v) is 31.3. The lowest BCUT2D eigenvalue weighted by atomic mass is 9.58. The van der Waals surface area contributed by atoms with E-state index in [0.717, 1.165) is 125 Å². The minimum Gasteiger partial charge on any atom is -0.420 e. The molecule has 26 heteroatoms. The Morgan fingerprint density at radius 1 is 0.490 bits per heavy atom. The largest absolute Gasteiger partial charge is 0.420 e. The van der Waals surface area contributed by atoms with E-state index in [2.05, 4.69) is 242 Å². The van der Waals surface area contributed by atoms with Gasteiger partial charge >= 0.3 is 0 Å². The molecule has 10 heterocycles. The lowest BCUT2D eigenvalue weighted by Gasteiger charge is -2.49. The van der Waals surface area contributed by atoms with Gasteiger partial charge in [0.05, 0.1) is 29.8 Å². The van der Waals surface area contributed by atoms with Gasteiger partial charge in [-0.1, -0.05) is 162 Å². The molecule has 9 saturated heterocycles. The van der Waals surface area contributed by atoms with Crippen molar-refractivity contribution in [2.24, 2.45) is 52.3 Å². The van der Waals surface area contributed by atoms with Crippen LogP contribution in [0, 0.1) is 59.2 Å². The molecule has 11 fully saturated rings. The second kappa shape index (κ2) is 45.8. The van der Waals surface area contributed by atoms with Gasteiger partial charge in [-0.3, -0.25) is 58.0 Å². The van der Waals surface area contributed by atoms with Crippen molar-refractivity contribution in [3.8, 4) is 0 Å². The van der Waals surface area contributed by atoms with Crippen LogP contribution in [0.3, 0.4) is 0 Å². The number of ether oxygens (including phenoxy) is 1. The lowest BCUT2D eigenvalue weighted by molar-refractivity contribution is -0.147. The monoisotopic (exact) mass is 2030 g/mol. The Labute approximate surface area is 878 Å². The summed E-state index contributed by atoms with van der Waals surface area (Å²) in [6, 6.07) is 21.5. The SMILES string of the molecule is CCC(C)CC1C(=O)N(C2CC(C)(C)NC(C)(C)C2)C(=O)C1C.CN1C(=O)C(CC(C)(c2ccccc2)C2CC(=O)N(C3CC(C)(C)NC(C)(C)C3)C2=O)C(C(C)(CC2CC(=O)N(C3CC(C)(C)CC(C)(C)C3)C2=O)c2ccccc2)C1=O.CO[Si](C)(C)CCCOC1CC(C)(C)NC(C)(C)C1.Cc1nc(NC2CCCCC2)nc(N(CCCCCCN(C)C2CC(C)(C)NC(C)(C)C2)C2CC(C)(C)NC(C)(C)C2)n1. The maximum absolute atomic E-state index is 14.9. The number of amides is 8. The van der Waals surface area contributed by atoms with Crippen molar-refractivity contribution in [1.82, 2.24) is 66.0 Å². The molecule has 9 aliphatic heterocycles. The normalized spacial score (nSPS) is 27.9. The highest BCUT2D eigenvalue weighted by atomic mass is 28.4. The summed E-state index contributed by atoms with van der Waals surface area (Å²) >= 11 is 0. The first-order valence-corrected chi connectivity index (χ1v) is 59.5. The molecule has 816 valence electrons. The van der Waals surface area contributed by atoms with Gasteiger partial charge in [0.2, 0.25) is 59.2 Å². The van der Waals surface area contributed by atoms with Crippen LogP contribution in [0.25, 0.3) is 0 Å². The van der Waals surface area contributed by atoms with Crippen LogP contribution in [-0.4, -0.2) is 234 Å². The van der Waals surface area contributed by atoms with E-state index < -0.39 is 42.8 Å². The number of nitrogens with one attached hydrogen (secondary N) is 6. The number of anilines is 2. The number of hydrogen-bond donors (Lipinski definition) is 6. The lowest BCUT2D eigenvalue weighted by Crippen LogP contribution is -2.63. The third-order valence-corrected chi connectivity index (χ3v) is 37.5. The molecule has 2 aromatic carbocycles. The molecule has 2 aliphatic carbocycles. The van der Waals surface area contributed by atoms with E-state index in [-0.39, 0.29) is 169 Å². The highest BCUT2D eigenvalue weighted by molar-refractivity contribution is 6.71. The summed E-state index contributed by atoms with van der Waals surface area (Å²) in [7, 11) is 4.29. The average Bonchev–Trinajstić information content (AvgIpc) is 1.58. The summed E-state index contributed by atoms with van der Waals surface area (Å²) in [4.78, 5) is 139. The number of aromatic nitrogens is 3. The molecule has 14 rings (SSSR count). The second-order valence-corrected chi connectivity index (χ2v) is 61.1. The molecule has 3 aromatic rings. The van der Waals surface area contributed by atoms with Crippen LogP contribution >= 0.6 is 0 Å². The molecule has 2 saturated carbocycles. The smallest absolute Gasteiger partial charge is 0.233 e. The maximum Gasteiger partial charge on any atom is 0.233 e. The van der Waals surface area contributed by atoms with Crippen molar-refractivity contribution >= 4 is 67.5 Å². The number of unbranched alkanes of at least 4 members (excludes halogenated alkanes) is 3. The Morgan fingerprint density at radius 3 is 1.42 bits per heavy atom. The number of imide groups is 4. The van der Waals surface area contributed by atoms with E-state index in [1.165, 1.54) is 98.5 Å². The summed E-state index contributed by atoms with van der Waals surface area (Å²) in [5.74, 6) is -1.98. The van der Waals surface area contributed by atoms with Crippen molar-refractivity contribution in [3.63, 3.8) is 0 Å². The molecule has 9 atom stereocenters. The quantitative estimate of drug-likeness (QED) is 0.0192. The van der Waals surface area contributed by atoms with Crippen molar-refractivity contribution in [2.75, 3.05) is 51.1 Å². The van der Waals surface area contributed by atoms with Gasteiger partial charge in [-0.05, 0) is 341 Å². The van der Waals surface area contributed by atoms with Gasteiger partial charge in [-0.2, -0.15) is 15.0 Å². The topological polar surface area (TPSA) is 285 Å². The first kappa shape index (κ1) is 119. The Balaban J connectivity index is 0.000000203. The number of rotatable bonds is 32. The number of hydrogen-bond acceptors (Lipinski definition) is 21. The van der Waals surface area contributed by atoms with Gasteiger partial charge in [0.1, 0.15) is 5.82 Å². The van der Waals surface area contributed by atoms with Crippen molar-refractivity contribution in [3.05, 3.63) is 77.6 Å². The number of aryl methyl sites for hydroxylation is 1. The van der Waals surface area contributed by atoms with E-state index >= 15 is 0 Å². The summed E-state index contributed by atoms with van der Waals surface area (Å²) < 4.78 is 11.7. The summed E-state index contributed by atoms with van der Waals surface area (Å²) in [6.07, 6.45) is 27.3. The van der Waals surface area contributed by atoms with Crippen LogP contribution in [-0.2, 0) is 58.3 Å². The van der Waals surface area contributed by atoms with Crippen LogP contribution in [0.5, 0.6) is 0 Å². The van der Waals surface area contributed by atoms with E-state index in [9.17, 15) is 38.4 Å². The standard InChI is InChI=1S/C50H68N4O6.C35H66N8.C19H34N2O2.C15H33NO2Si/c1-45(2)25-34(26-46(3,4)30-45)53-38(55)22-31(41(53)57)24-50(10,33-20-16-13-17-21-33)40-36(42(58)52(11)44(40)60)29-49(9,32-18-14-12-15-19-32)37-23-39(56)54(43(37)59)35-27-47(5,6)51-48(7,8)28-35;1-26-36-30(38-27-18-14-13-15-19-27)39-31(37-26)43(29-24-34(6,7)41-35(8,9)25-29)21-17-12-11-16-20-42(10)28-22-32(2,3)40-33(4,5)23-28;1-8-12(2)9-15-13(3)16(22)21(17(15)23)14-10-18(4,5)20-19(6,7)11-14;1-14(2)11-13(12-15(3,4)16-14)18-9-8-10-19(6,7)17-5/h12-21,31,34-37,40,51H,22-30H2,1-11H3;27-29,40-41H,11-25H2,1-10H3,(H,36,37,38,39);12-15,20H,8-11H2,1-7H3;13,16H,8-12H2,1-7H3. The molecular weight excluding hydrogens is 1830 g/mol. The zero-order chi connectivity index (χ0) is 108. The van der Waals surface area contributed by atoms with Crippen LogP contribution in [0.1, 0.15) is 404 Å². The number of nitrogens with zero attached hydrogens (tertiary/aromatic N) is 9. The number of carbonyl (C=O) groups excluding carboxylic acids is 8. The summed E-state index contributed by atoms with van der Waals surface area (Å²) in [5, 5.41) is 22.4. The third kappa shape index (κ3) is 31.0. The highest BCUT2D eigenvalue weighted by Gasteiger charge is 2.63. The van der Waals surface area contributed by atoms with Crippen LogP contribution < -0.4 is 36.8 Å². The van der Waals surface area contributed by atoms with Gasteiger partial charge in [0.25, 0.3) is 0 Å². The summed E-state index contributed by atoms with van der Waals surface area (Å²) in [5.41, 5.74) is -0.342.